The number of phosphoric ester groups is 1. The maximum atomic E-state index is 12.8. The predicted octanol–water partition coefficient (Wildman–Crippen LogP) is 12.5. The van der Waals surface area contributed by atoms with E-state index in [-0.39, 0.29) is 25.5 Å². The highest BCUT2D eigenvalue weighted by Gasteiger charge is 2.28. The van der Waals surface area contributed by atoms with E-state index in [1.54, 1.807) is 0 Å². The van der Waals surface area contributed by atoms with E-state index in [2.05, 4.69) is 31.3 Å². The van der Waals surface area contributed by atoms with E-state index < -0.39 is 20.0 Å². The molecule has 0 radical (unpaired) electrons. The second kappa shape index (κ2) is 37.6. The molecule has 0 spiro atoms. The summed E-state index contributed by atoms with van der Waals surface area (Å²) in [5.74, 6) is -0.251. The Morgan fingerprint density at radius 3 is 1.41 bits per heavy atom. The Hall–Kier alpha value is -1.02. The van der Waals surface area contributed by atoms with Crippen LogP contribution in [0.2, 0.25) is 0 Å². The summed E-state index contributed by atoms with van der Waals surface area (Å²) in [6, 6.07) is -0.837. The van der Waals surface area contributed by atoms with Crippen LogP contribution in [0.1, 0.15) is 206 Å². The van der Waals surface area contributed by atoms with Crippen molar-refractivity contribution in [1.29, 1.82) is 0 Å². The number of aliphatic hydroxyl groups is 1. The standard InChI is InChI=1S/C45H89N2O6P/c1-6-8-10-12-14-16-18-20-21-22-23-24-25-27-29-31-33-35-37-39-45(49)46-43(42-53-54(50,51)52-41-40-47(3,4)5)44(48)38-36-34-32-30-28-26-19-17-15-13-11-9-7-2/h34-37,43-44,48H,6-33,38-42H2,1-5H3,(H-,46,49,50,51)/p+1/t43-,44+/m0/s1. The first kappa shape index (κ1) is 53.0. The fraction of sp³-hybridized carbons (Fsp3) is 0.889. The van der Waals surface area contributed by atoms with Gasteiger partial charge in [-0.15, -0.1) is 0 Å². The molecule has 0 aromatic rings. The lowest BCUT2D eigenvalue weighted by molar-refractivity contribution is -0.870. The number of hydrogen-bond donors (Lipinski definition) is 3. The average molecular weight is 786 g/mol. The minimum atomic E-state index is -4.34. The number of rotatable bonds is 41. The van der Waals surface area contributed by atoms with Crippen molar-refractivity contribution in [3.8, 4) is 0 Å². The largest absolute Gasteiger partial charge is 0.472 e. The van der Waals surface area contributed by atoms with Crippen molar-refractivity contribution in [3.05, 3.63) is 24.3 Å². The SMILES string of the molecule is CCCCCCCCCCCCC=CC[C@@H](O)[C@H](COP(=O)(O)OCC[N+](C)(C)C)NC(=O)CC=CCCCCCCCCCCCCCCCCCC. The number of unbranched alkanes of at least 4 members (excludes halogenated alkanes) is 26. The van der Waals surface area contributed by atoms with Gasteiger partial charge < -0.3 is 19.8 Å². The number of carbonyl (C=O) groups is 1. The van der Waals surface area contributed by atoms with Crippen molar-refractivity contribution < 1.29 is 32.9 Å². The molecule has 3 atom stereocenters. The molecule has 0 aromatic carbocycles. The van der Waals surface area contributed by atoms with Crippen molar-refractivity contribution in [1.82, 2.24) is 5.32 Å². The summed E-state index contributed by atoms with van der Waals surface area (Å²) in [7, 11) is 1.56. The number of phosphoric acid groups is 1. The topological polar surface area (TPSA) is 105 Å². The molecule has 0 saturated carbocycles. The first-order valence-corrected chi connectivity index (χ1v) is 24.2. The number of allylic oxidation sites excluding steroid dienone is 2. The normalized spacial score (nSPS) is 14.6. The summed E-state index contributed by atoms with van der Waals surface area (Å²) in [6.07, 6.45) is 44.0. The molecule has 0 aliphatic heterocycles. The maximum Gasteiger partial charge on any atom is 0.472 e. The van der Waals surface area contributed by atoms with Gasteiger partial charge in [-0.05, 0) is 32.1 Å². The number of nitrogens with one attached hydrogen (secondary N) is 1. The third-order valence-corrected chi connectivity index (χ3v) is 11.2. The molecular weight excluding hydrogens is 695 g/mol. The first-order chi connectivity index (χ1) is 26.0. The minimum absolute atomic E-state index is 0.0583. The number of amides is 1. The van der Waals surface area contributed by atoms with Crippen LogP contribution < -0.4 is 5.32 Å². The summed E-state index contributed by atoms with van der Waals surface area (Å²) < 4.78 is 23.5. The highest BCUT2D eigenvalue weighted by atomic mass is 31.2. The van der Waals surface area contributed by atoms with E-state index in [4.69, 9.17) is 9.05 Å². The zero-order valence-electron chi connectivity index (χ0n) is 36.2. The van der Waals surface area contributed by atoms with Crippen molar-refractivity contribution in [2.75, 3.05) is 40.9 Å². The van der Waals surface area contributed by atoms with Crippen LogP contribution >= 0.6 is 7.82 Å². The van der Waals surface area contributed by atoms with E-state index in [1.807, 2.05) is 33.3 Å². The lowest BCUT2D eigenvalue weighted by Crippen LogP contribution is -2.46. The van der Waals surface area contributed by atoms with Crippen LogP contribution in [0.3, 0.4) is 0 Å². The van der Waals surface area contributed by atoms with Crippen molar-refractivity contribution in [3.63, 3.8) is 0 Å². The maximum absolute atomic E-state index is 12.8. The van der Waals surface area contributed by atoms with E-state index in [0.717, 1.165) is 25.7 Å². The molecule has 320 valence electrons. The van der Waals surface area contributed by atoms with Crippen LogP contribution in [0.4, 0.5) is 0 Å². The number of quaternary nitrogens is 1. The summed E-state index contributed by atoms with van der Waals surface area (Å²) in [5, 5.41) is 13.8. The Morgan fingerprint density at radius 2 is 1.00 bits per heavy atom. The van der Waals surface area contributed by atoms with Crippen LogP contribution in [0.25, 0.3) is 0 Å². The number of likely N-dealkylation sites (N-methyl/N-ethyl adjacent to an activating group) is 1. The zero-order chi connectivity index (χ0) is 40.0. The Morgan fingerprint density at radius 1 is 0.611 bits per heavy atom. The van der Waals surface area contributed by atoms with E-state index in [9.17, 15) is 19.4 Å². The predicted molar refractivity (Wildman–Crippen MR) is 231 cm³/mol. The molecule has 0 saturated heterocycles. The van der Waals surface area contributed by atoms with Crippen LogP contribution in [0.15, 0.2) is 24.3 Å². The molecule has 1 amide bonds. The Balaban J connectivity index is 4.40. The fourth-order valence-electron chi connectivity index (χ4n) is 6.54. The van der Waals surface area contributed by atoms with Gasteiger partial charge in [-0.2, -0.15) is 0 Å². The van der Waals surface area contributed by atoms with Gasteiger partial charge in [0.25, 0.3) is 0 Å². The van der Waals surface area contributed by atoms with Gasteiger partial charge >= 0.3 is 7.82 Å². The van der Waals surface area contributed by atoms with Gasteiger partial charge in [0.1, 0.15) is 13.2 Å². The van der Waals surface area contributed by atoms with Gasteiger partial charge in [0.05, 0.1) is 39.9 Å². The number of aliphatic hydroxyl groups excluding tert-OH is 1. The van der Waals surface area contributed by atoms with E-state index in [0.29, 0.717) is 17.4 Å². The van der Waals surface area contributed by atoms with E-state index >= 15 is 0 Å². The summed E-state index contributed by atoms with van der Waals surface area (Å²) in [6.45, 7) is 4.80. The molecule has 0 aliphatic rings. The summed E-state index contributed by atoms with van der Waals surface area (Å²) in [5.41, 5.74) is 0. The van der Waals surface area contributed by atoms with Crippen LogP contribution in [0.5, 0.6) is 0 Å². The van der Waals surface area contributed by atoms with Gasteiger partial charge in [0.2, 0.25) is 5.91 Å². The summed E-state index contributed by atoms with van der Waals surface area (Å²) >= 11 is 0. The molecule has 8 nitrogen and oxygen atoms in total. The summed E-state index contributed by atoms with van der Waals surface area (Å²) in [4.78, 5) is 23.1. The third-order valence-electron chi connectivity index (χ3n) is 10.2. The van der Waals surface area contributed by atoms with Crippen LogP contribution in [-0.4, -0.2) is 73.4 Å². The lowest BCUT2D eigenvalue weighted by atomic mass is 10.0. The van der Waals surface area contributed by atoms with E-state index in [1.165, 1.54) is 154 Å². The monoisotopic (exact) mass is 786 g/mol. The molecule has 54 heavy (non-hydrogen) atoms. The number of hydrogen-bond acceptors (Lipinski definition) is 5. The second-order valence-corrected chi connectivity index (χ2v) is 18.3. The molecule has 1 unspecified atom stereocenters. The molecule has 0 aliphatic carbocycles. The Bertz CT molecular complexity index is 938. The number of carbonyl (C=O) groups excluding carboxylic acids is 1. The Labute approximate surface area is 334 Å². The quantitative estimate of drug-likeness (QED) is 0.0247. The van der Waals surface area contributed by atoms with Gasteiger partial charge in [-0.25, -0.2) is 4.57 Å². The molecule has 9 heteroatoms. The molecule has 0 fully saturated rings. The number of nitrogens with zero attached hydrogens (tertiary/aromatic N) is 1. The van der Waals surface area contributed by atoms with Crippen molar-refractivity contribution in [2.24, 2.45) is 0 Å². The fourth-order valence-corrected chi connectivity index (χ4v) is 7.28. The highest BCUT2D eigenvalue weighted by molar-refractivity contribution is 7.47. The molecule has 3 N–H and O–H groups in total. The van der Waals surface area contributed by atoms with Gasteiger partial charge in [0, 0.05) is 6.42 Å². The Kier molecular flexibility index (Phi) is 36.8. The van der Waals surface area contributed by atoms with Gasteiger partial charge in [0.15, 0.2) is 0 Å². The van der Waals surface area contributed by atoms with Crippen molar-refractivity contribution in [2.45, 2.75) is 219 Å². The second-order valence-electron chi connectivity index (χ2n) is 16.8. The van der Waals surface area contributed by atoms with Crippen molar-refractivity contribution >= 4 is 13.7 Å². The molecule has 0 bridgehead atoms. The smallest absolute Gasteiger partial charge is 0.391 e. The van der Waals surface area contributed by atoms with Gasteiger partial charge in [-0.1, -0.05) is 192 Å². The molecular formula is C45H90N2O6P+. The van der Waals surface area contributed by atoms with Crippen LogP contribution in [0, 0.1) is 0 Å². The first-order valence-electron chi connectivity index (χ1n) is 22.7. The molecule has 0 heterocycles. The third kappa shape index (κ3) is 39.2. The van der Waals surface area contributed by atoms with Gasteiger partial charge in [-0.3, -0.25) is 13.8 Å². The molecule has 0 aromatic heterocycles. The molecule has 0 rings (SSSR count). The van der Waals surface area contributed by atoms with Crippen LogP contribution in [-0.2, 0) is 18.4 Å². The lowest BCUT2D eigenvalue weighted by Gasteiger charge is -2.26. The minimum Gasteiger partial charge on any atom is -0.391 e. The average Bonchev–Trinajstić information content (AvgIpc) is 3.12. The highest BCUT2D eigenvalue weighted by Crippen LogP contribution is 2.43. The zero-order valence-corrected chi connectivity index (χ0v) is 37.1.